The van der Waals surface area contributed by atoms with Gasteiger partial charge in [0.1, 0.15) is 12.4 Å². The van der Waals surface area contributed by atoms with Crippen LogP contribution in [0.25, 0.3) is 11.8 Å². The van der Waals surface area contributed by atoms with Crippen molar-refractivity contribution >= 4 is 35.0 Å². The first-order valence-corrected chi connectivity index (χ1v) is 16.3. The Labute approximate surface area is 276 Å². The number of hydrogen-bond donors (Lipinski definition) is 0. The lowest BCUT2D eigenvalue weighted by molar-refractivity contribution is -0.139. The molecule has 1 aliphatic rings. The summed E-state index contributed by atoms with van der Waals surface area (Å²) in [5, 5.41) is 0.679. The first-order valence-electron chi connectivity index (χ1n) is 15.1. The van der Waals surface area contributed by atoms with Gasteiger partial charge in [-0.1, -0.05) is 71.0 Å². The summed E-state index contributed by atoms with van der Waals surface area (Å²) in [4.78, 5) is 32.5. The van der Waals surface area contributed by atoms with Crippen molar-refractivity contribution in [3.8, 4) is 11.4 Å². The van der Waals surface area contributed by atoms with Crippen molar-refractivity contribution in [3.63, 3.8) is 0 Å². The minimum absolute atomic E-state index is 0.201. The van der Waals surface area contributed by atoms with Gasteiger partial charge in [0, 0.05) is 27.7 Å². The average molecular weight is 652 g/mol. The molecular weight excluding hydrogens is 618 g/mol. The number of thiazole rings is 1. The van der Waals surface area contributed by atoms with E-state index in [2.05, 4.69) is 10.6 Å². The van der Waals surface area contributed by atoms with Gasteiger partial charge in [-0.25, -0.2) is 9.79 Å². The third-order valence-electron chi connectivity index (χ3n) is 8.11. The molecule has 0 bridgehead atoms. The lowest BCUT2D eigenvalue weighted by Crippen LogP contribution is -2.39. The number of rotatable bonds is 8. The van der Waals surface area contributed by atoms with E-state index in [9.17, 15) is 9.59 Å². The number of carbonyl (C=O) groups is 1. The molecular formula is C37H34ClN3O4S. The number of halogens is 1. The number of esters is 1. The van der Waals surface area contributed by atoms with Gasteiger partial charge in [0.2, 0.25) is 0 Å². The molecule has 7 nitrogen and oxygen atoms in total. The summed E-state index contributed by atoms with van der Waals surface area (Å²) in [6.07, 6.45) is 1.92. The molecule has 0 fully saturated rings. The molecule has 0 radical (unpaired) electrons. The van der Waals surface area contributed by atoms with E-state index in [-0.39, 0.29) is 12.2 Å². The summed E-state index contributed by atoms with van der Waals surface area (Å²) >= 11 is 7.60. The van der Waals surface area contributed by atoms with Crippen LogP contribution in [0, 0.1) is 20.8 Å². The Kier molecular flexibility index (Phi) is 8.84. The Balaban J connectivity index is 1.35. The van der Waals surface area contributed by atoms with E-state index < -0.39 is 12.0 Å². The van der Waals surface area contributed by atoms with Crippen molar-refractivity contribution < 1.29 is 14.3 Å². The maximum atomic E-state index is 14.1. The Morgan fingerprint density at radius 2 is 1.72 bits per heavy atom. The number of allylic oxidation sites excluding steroid dienone is 1. The molecule has 0 aliphatic carbocycles. The maximum absolute atomic E-state index is 14.1. The summed E-state index contributed by atoms with van der Waals surface area (Å²) in [7, 11) is 0. The number of aromatic nitrogens is 2. The zero-order valence-electron chi connectivity index (χ0n) is 26.3. The highest BCUT2D eigenvalue weighted by Crippen LogP contribution is 2.31. The van der Waals surface area contributed by atoms with Crippen LogP contribution in [0.4, 0.5) is 0 Å². The molecule has 0 saturated heterocycles. The molecule has 46 heavy (non-hydrogen) atoms. The molecule has 0 unspecified atom stereocenters. The fraction of sp³-hybridized carbons (Fsp3) is 0.216. The summed E-state index contributed by atoms with van der Waals surface area (Å²) < 4.78 is 15.7. The van der Waals surface area contributed by atoms with Crippen molar-refractivity contribution in [3.05, 3.63) is 148 Å². The highest BCUT2D eigenvalue weighted by Gasteiger charge is 2.33. The van der Waals surface area contributed by atoms with Crippen molar-refractivity contribution in [2.45, 2.75) is 47.3 Å². The predicted molar refractivity (Wildman–Crippen MR) is 183 cm³/mol. The molecule has 0 saturated carbocycles. The van der Waals surface area contributed by atoms with E-state index in [1.807, 2.05) is 99.6 Å². The Bertz CT molecular complexity index is 2160. The molecule has 5 aromatic rings. The topological polar surface area (TPSA) is 74.8 Å². The minimum Gasteiger partial charge on any atom is -0.489 e. The lowest BCUT2D eigenvalue weighted by Gasteiger charge is -2.24. The highest BCUT2D eigenvalue weighted by atomic mass is 35.5. The van der Waals surface area contributed by atoms with Crippen LogP contribution >= 0.6 is 22.9 Å². The summed E-state index contributed by atoms with van der Waals surface area (Å²) in [6, 6.07) is 24.9. The van der Waals surface area contributed by atoms with Crippen molar-refractivity contribution in [2.24, 2.45) is 4.99 Å². The first kappa shape index (κ1) is 31.3. The van der Waals surface area contributed by atoms with Crippen molar-refractivity contribution in [1.29, 1.82) is 0 Å². The number of hydrogen-bond acceptors (Lipinski definition) is 6. The zero-order chi connectivity index (χ0) is 32.5. The third-order valence-corrected chi connectivity index (χ3v) is 9.47. The van der Waals surface area contributed by atoms with E-state index in [1.165, 1.54) is 11.3 Å². The standard InChI is InChI=1S/C37H34ClN3O4S/c1-6-44-36(43)33-24(4)39-37-41(34(33)26-13-11-22(2)12-14-26)35(42)32(46-37)20-28-19-23(3)40(25(28)5)29-15-17-30(18-16-29)45-21-27-9-7-8-10-31(27)38/h7-20,34H,6,21H2,1-5H3/b32-20-/t34-/m1/s1. The first-order chi connectivity index (χ1) is 22.2. The molecule has 234 valence electrons. The van der Waals surface area contributed by atoms with Gasteiger partial charge in [0.05, 0.1) is 28.5 Å². The quantitative estimate of drug-likeness (QED) is 0.174. The van der Waals surface area contributed by atoms with Crippen molar-refractivity contribution in [1.82, 2.24) is 9.13 Å². The summed E-state index contributed by atoms with van der Waals surface area (Å²) in [5.41, 5.74) is 7.50. The van der Waals surface area contributed by atoms with Gasteiger partial charge in [-0.15, -0.1) is 0 Å². The molecule has 0 spiro atoms. The number of ether oxygens (including phenoxy) is 2. The number of fused-ring (bicyclic) bond motifs is 1. The number of nitrogens with zero attached hydrogens (tertiary/aromatic N) is 3. The van der Waals surface area contributed by atoms with Gasteiger partial charge in [-0.2, -0.15) is 0 Å². The zero-order valence-corrected chi connectivity index (χ0v) is 27.9. The van der Waals surface area contributed by atoms with Gasteiger partial charge in [0.25, 0.3) is 5.56 Å². The normalized spacial score (nSPS) is 14.7. The van der Waals surface area contributed by atoms with E-state index in [4.69, 9.17) is 26.1 Å². The second kappa shape index (κ2) is 13.0. The van der Waals surface area contributed by atoms with E-state index in [0.717, 1.165) is 45.1 Å². The fourth-order valence-electron chi connectivity index (χ4n) is 5.80. The molecule has 0 amide bonds. The van der Waals surface area contributed by atoms with Gasteiger partial charge in [-0.3, -0.25) is 9.36 Å². The second-order valence-corrected chi connectivity index (χ2v) is 12.7. The Hall–Kier alpha value is -4.66. The van der Waals surface area contributed by atoms with Crippen LogP contribution in [0.2, 0.25) is 5.02 Å². The molecule has 2 aromatic heterocycles. The summed E-state index contributed by atoms with van der Waals surface area (Å²) in [5.74, 6) is 0.278. The number of benzene rings is 3. The van der Waals surface area contributed by atoms with Crippen LogP contribution in [0.3, 0.4) is 0 Å². The van der Waals surface area contributed by atoms with E-state index in [0.29, 0.717) is 32.2 Å². The molecule has 3 heterocycles. The largest absolute Gasteiger partial charge is 0.489 e. The predicted octanol–water partition coefficient (Wildman–Crippen LogP) is 6.75. The molecule has 3 aromatic carbocycles. The SMILES string of the molecule is CCOC(=O)C1=C(C)N=c2s/c(=C\c3cc(C)n(-c4ccc(OCc5ccccc5Cl)cc4)c3C)c(=O)n2[C@@H]1c1ccc(C)cc1. The number of carbonyl (C=O) groups excluding carboxylic acids is 1. The van der Waals surface area contributed by atoms with Crippen LogP contribution in [0.1, 0.15) is 53.5 Å². The van der Waals surface area contributed by atoms with E-state index >= 15 is 0 Å². The summed E-state index contributed by atoms with van der Waals surface area (Å²) in [6.45, 7) is 10.3. The smallest absolute Gasteiger partial charge is 0.338 e. The van der Waals surface area contributed by atoms with Crippen molar-refractivity contribution in [2.75, 3.05) is 6.61 Å². The molecule has 9 heteroatoms. The van der Waals surface area contributed by atoms with Gasteiger partial charge in [0.15, 0.2) is 4.80 Å². The van der Waals surface area contributed by atoms with Crippen LogP contribution in [-0.2, 0) is 16.1 Å². The average Bonchev–Trinajstić information content (AvgIpc) is 3.50. The maximum Gasteiger partial charge on any atom is 0.338 e. The van der Waals surface area contributed by atoms with Gasteiger partial charge < -0.3 is 14.0 Å². The van der Waals surface area contributed by atoms with Crippen LogP contribution in [-0.4, -0.2) is 21.7 Å². The van der Waals surface area contributed by atoms with Gasteiger partial charge in [-0.05, 0) is 88.2 Å². The van der Waals surface area contributed by atoms with E-state index in [1.54, 1.807) is 18.4 Å². The molecule has 6 rings (SSSR count). The minimum atomic E-state index is -0.635. The Morgan fingerprint density at radius 3 is 2.41 bits per heavy atom. The number of aryl methyl sites for hydroxylation is 2. The van der Waals surface area contributed by atoms with Crippen LogP contribution in [0.5, 0.6) is 5.75 Å². The molecule has 1 atom stereocenters. The monoisotopic (exact) mass is 651 g/mol. The Morgan fingerprint density at radius 1 is 1.00 bits per heavy atom. The lowest BCUT2D eigenvalue weighted by atomic mass is 9.95. The fourth-order valence-corrected chi connectivity index (χ4v) is 7.02. The van der Waals surface area contributed by atoms with Crippen LogP contribution < -0.4 is 19.6 Å². The third kappa shape index (κ3) is 5.98. The van der Waals surface area contributed by atoms with Crippen LogP contribution in [0.15, 0.2) is 99.9 Å². The second-order valence-electron chi connectivity index (χ2n) is 11.2. The molecule has 1 aliphatic heterocycles. The van der Waals surface area contributed by atoms with Gasteiger partial charge >= 0.3 is 5.97 Å². The molecule has 0 N–H and O–H groups in total. The highest BCUT2D eigenvalue weighted by molar-refractivity contribution is 7.07.